The molecule has 1 aliphatic rings. The standard InChI is InChI=1S/C19H22F2N4O3S.ClH/c1-10-15(9-26)29-19(23-10)16(14-4-2-3-7-22-14)25-18(28)17(27)24-11-5-6-12(20)13(21)8-11;/h5-6,8,14,16,22,26H,2-4,7,9H2,1H3,(H,24,27)(H,25,28);1H. The molecule has 0 bridgehead atoms. The molecule has 30 heavy (non-hydrogen) atoms. The second-order valence-corrected chi connectivity index (χ2v) is 7.92. The molecule has 2 unspecified atom stereocenters. The van der Waals surface area contributed by atoms with Crippen LogP contribution in [-0.2, 0) is 16.2 Å². The number of thiazole rings is 1. The second-order valence-electron chi connectivity index (χ2n) is 6.81. The number of carbonyl (C=O) groups is 2. The van der Waals surface area contributed by atoms with Crippen LogP contribution in [0, 0.1) is 18.6 Å². The zero-order valence-corrected chi connectivity index (χ0v) is 17.8. The van der Waals surface area contributed by atoms with Gasteiger partial charge < -0.3 is 21.1 Å². The van der Waals surface area contributed by atoms with E-state index in [0.29, 0.717) is 15.6 Å². The number of aromatic nitrogens is 1. The van der Waals surface area contributed by atoms with Crippen LogP contribution < -0.4 is 16.0 Å². The molecule has 1 fully saturated rings. The first kappa shape index (κ1) is 24.1. The SMILES string of the molecule is Cc1nc(C(NC(=O)C(=O)Nc2ccc(F)c(F)c2)C2CCCCN2)sc1CO.Cl. The number of aliphatic hydroxyl groups is 1. The summed E-state index contributed by atoms with van der Waals surface area (Å²) in [5, 5.41) is 18.3. The van der Waals surface area contributed by atoms with Gasteiger partial charge in [-0.3, -0.25) is 9.59 Å². The molecule has 11 heteroatoms. The van der Waals surface area contributed by atoms with Crippen molar-refractivity contribution < 1.29 is 23.5 Å². The molecule has 0 aliphatic carbocycles. The number of hydrogen-bond donors (Lipinski definition) is 4. The topological polar surface area (TPSA) is 103 Å². The highest BCUT2D eigenvalue weighted by Gasteiger charge is 2.31. The van der Waals surface area contributed by atoms with Gasteiger partial charge in [0.15, 0.2) is 11.6 Å². The average molecular weight is 461 g/mol. The van der Waals surface area contributed by atoms with Crippen LogP contribution >= 0.6 is 23.7 Å². The van der Waals surface area contributed by atoms with Gasteiger partial charge in [0.05, 0.1) is 23.2 Å². The predicted molar refractivity (Wildman–Crippen MR) is 112 cm³/mol. The van der Waals surface area contributed by atoms with E-state index in [1.807, 2.05) is 0 Å². The third-order valence-corrected chi connectivity index (χ3v) is 5.97. The maximum absolute atomic E-state index is 13.3. The van der Waals surface area contributed by atoms with Gasteiger partial charge in [-0.2, -0.15) is 0 Å². The minimum atomic E-state index is -1.12. The minimum absolute atomic E-state index is 0. The Bertz CT molecular complexity index is 906. The summed E-state index contributed by atoms with van der Waals surface area (Å²) in [7, 11) is 0. The molecular formula is C19H23ClF2N4O3S. The van der Waals surface area contributed by atoms with Crippen molar-refractivity contribution >= 4 is 41.2 Å². The van der Waals surface area contributed by atoms with Crippen LogP contribution in [0.25, 0.3) is 0 Å². The summed E-state index contributed by atoms with van der Waals surface area (Å²) >= 11 is 1.28. The van der Waals surface area contributed by atoms with E-state index in [9.17, 15) is 23.5 Å². The minimum Gasteiger partial charge on any atom is -0.391 e. The number of hydrogen-bond acceptors (Lipinski definition) is 6. The summed E-state index contributed by atoms with van der Waals surface area (Å²) in [6, 6.07) is 2.18. The van der Waals surface area contributed by atoms with Gasteiger partial charge in [-0.15, -0.1) is 23.7 Å². The Morgan fingerprint density at radius 2 is 2.07 bits per heavy atom. The van der Waals surface area contributed by atoms with E-state index in [0.717, 1.165) is 37.9 Å². The molecule has 2 heterocycles. The Kier molecular flexibility index (Phi) is 8.65. The van der Waals surface area contributed by atoms with E-state index in [4.69, 9.17) is 0 Å². The first-order valence-electron chi connectivity index (χ1n) is 9.26. The Balaban J connectivity index is 0.00000320. The van der Waals surface area contributed by atoms with E-state index < -0.39 is 29.5 Å². The maximum Gasteiger partial charge on any atom is 0.313 e. The van der Waals surface area contributed by atoms with Crippen molar-refractivity contribution in [3.05, 3.63) is 45.4 Å². The highest BCUT2D eigenvalue weighted by molar-refractivity contribution is 7.11. The lowest BCUT2D eigenvalue weighted by atomic mass is 9.98. The molecule has 2 aromatic rings. The van der Waals surface area contributed by atoms with Gasteiger partial charge in [-0.25, -0.2) is 13.8 Å². The smallest absolute Gasteiger partial charge is 0.313 e. The molecular weight excluding hydrogens is 438 g/mol. The number of aliphatic hydroxyl groups excluding tert-OH is 1. The zero-order chi connectivity index (χ0) is 21.0. The Hall–Kier alpha value is -2.14. The molecule has 0 saturated carbocycles. The number of piperidine rings is 1. The highest BCUT2D eigenvalue weighted by atomic mass is 35.5. The number of halogens is 3. The summed E-state index contributed by atoms with van der Waals surface area (Å²) in [4.78, 5) is 29.9. The quantitative estimate of drug-likeness (QED) is 0.513. The van der Waals surface area contributed by atoms with Crippen molar-refractivity contribution in [3.63, 3.8) is 0 Å². The van der Waals surface area contributed by atoms with Gasteiger partial charge in [-0.1, -0.05) is 6.42 Å². The molecule has 0 radical (unpaired) electrons. The van der Waals surface area contributed by atoms with Crippen molar-refractivity contribution in [3.8, 4) is 0 Å². The summed E-state index contributed by atoms with van der Waals surface area (Å²) in [5.41, 5.74) is 0.651. The van der Waals surface area contributed by atoms with Crippen molar-refractivity contribution in [2.75, 3.05) is 11.9 Å². The number of benzene rings is 1. The van der Waals surface area contributed by atoms with Crippen molar-refractivity contribution in [2.24, 2.45) is 0 Å². The molecule has 1 aromatic heterocycles. The van der Waals surface area contributed by atoms with Crippen LogP contribution in [0.15, 0.2) is 18.2 Å². The number of rotatable bonds is 5. The molecule has 7 nitrogen and oxygen atoms in total. The molecule has 164 valence electrons. The fourth-order valence-electron chi connectivity index (χ4n) is 3.20. The Morgan fingerprint density at radius 1 is 1.30 bits per heavy atom. The number of anilines is 1. The maximum atomic E-state index is 13.3. The molecule has 3 rings (SSSR count). The van der Waals surface area contributed by atoms with Gasteiger partial charge in [0.1, 0.15) is 5.01 Å². The van der Waals surface area contributed by atoms with Gasteiger partial charge in [-0.05, 0) is 38.4 Å². The lowest BCUT2D eigenvalue weighted by Gasteiger charge is -2.30. The highest BCUT2D eigenvalue weighted by Crippen LogP contribution is 2.29. The van der Waals surface area contributed by atoms with Crippen LogP contribution in [0.1, 0.15) is 40.9 Å². The lowest BCUT2D eigenvalue weighted by molar-refractivity contribution is -0.136. The first-order chi connectivity index (χ1) is 13.9. The summed E-state index contributed by atoms with van der Waals surface area (Å²) in [6.07, 6.45) is 2.79. The number of aryl methyl sites for hydroxylation is 1. The van der Waals surface area contributed by atoms with E-state index in [-0.39, 0.29) is 30.7 Å². The average Bonchev–Trinajstić information content (AvgIpc) is 3.09. The second kappa shape index (κ2) is 10.8. The third-order valence-electron chi connectivity index (χ3n) is 4.74. The van der Waals surface area contributed by atoms with Crippen LogP contribution in [0.3, 0.4) is 0 Å². The zero-order valence-electron chi connectivity index (χ0n) is 16.2. The van der Waals surface area contributed by atoms with E-state index in [1.54, 1.807) is 6.92 Å². The monoisotopic (exact) mass is 460 g/mol. The largest absolute Gasteiger partial charge is 0.391 e. The van der Waals surface area contributed by atoms with Crippen LogP contribution in [-0.4, -0.2) is 34.5 Å². The number of amides is 2. The molecule has 0 spiro atoms. The molecule has 1 aliphatic heterocycles. The molecule has 2 atom stereocenters. The molecule has 1 aromatic carbocycles. The summed E-state index contributed by atoms with van der Waals surface area (Å²) in [5.74, 6) is -4.07. The molecule has 4 N–H and O–H groups in total. The number of carbonyl (C=O) groups excluding carboxylic acids is 2. The Labute approximate surface area is 182 Å². The van der Waals surface area contributed by atoms with E-state index in [1.165, 1.54) is 17.4 Å². The van der Waals surface area contributed by atoms with Gasteiger partial charge in [0, 0.05) is 17.8 Å². The summed E-state index contributed by atoms with van der Waals surface area (Å²) in [6.45, 7) is 2.41. The van der Waals surface area contributed by atoms with Crippen LogP contribution in [0.5, 0.6) is 0 Å². The van der Waals surface area contributed by atoms with Crippen molar-refractivity contribution in [1.29, 1.82) is 0 Å². The lowest BCUT2D eigenvalue weighted by Crippen LogP contribution is -2.48. The Morgan fingerprint density at radius 3 is 2.67 bits per heavy atom. The van der Waals surface area contributed by atoms with Gasteiger partial charge in [0.2, 0.25) is 0 Å². The molecule has 1 saturated heterocycles. The van der Waals surface area contributed by atoms with Crippen LogP contribution in [0.2, 0.25) is 0 Å². The molecule has 2 amide bonds. The summed E-state index contributed by atoms with van der Waals surface area (Å²) < 4.78 is 26.3. The third kappa shape index (κ3) is 5.72. The van der Waals surface area contributed by atoms with Gasteiger partial charge in [0.25, 0.3) is 0 Å². The number of nitrogens with one attached hydrogen (secondary N) is 3. The fourth-order valence-corrected chi connectivity index (χ4v) is 4.24. The predicted octanol–water partition coefficient (Wildman–Crippen LogP) is 2.58. The first-order valence-corrected chi connectivity index (χ1v) is 10.1. The van der Waals surface area contributed by atoms with Crippen molar-refractivity contribution in [2.45, 2.75) is 44.9 Å². The van der Waals surface area contributed by atoms with E-state index >= 15 is 0 Å². The normalized spacial score (nSPS) is 17.0. The van der Waals surface area contributed by atoms with Crippen molar-refractivity contribution in [1.82, 2.24) is 15.6 Å². The number of nitrogens with zero attached hydrogens (tertiary/aromatic N) is 1. The van der Waals surface area contributed by atoms with E-state index in [2.05, 4.69) is 20.9 Å². The van der Waals surface area contributed by atoms with Gasteiger partial charge >= 0.3 is 11.8 Å². The van der Waals surface area contributed by atoms with Crippen LogP contribution in [0.4, 0.5) is 14.5 Å². The fraction of sp³-hybridized carbons (Fsp3) is 0.421.